The fraction of sp³-hybridized carbons (Fsp3) is 0.571. The fourth-order valence-electron chi connectivity index (χ4n) is 2.36. The number of halogens is 1. The zero-order valence-corrected chi connectivity index (χ0v) is 13.3. The van der Waals surface area contributed by atoms with Crippen molar-refractivity contribution >= 4 is 27.7 Å². The Labute approximate surface area is 128 Å². The lowest BCUT2D eigenvalue weighted by molar-refractivity contribution is -0.117. The topological polar surface area (TPSA) is 57.3 Å². The monoisotopic (exact) mass is 340 g/mol. The number of pyridine rings is 1. The molecule has 1 aliphatic heterocycles. The summed E-state index contributed by atoms with van der Waals surface area (Å²) < 4.78 is 0.901. The van der Waals surface area contributed by atoms with Gasteiger partial charge in [0.25, 0.3) is 0 Å². The SMILES string of the molecule is CCN(CC(=O)Nc1ccc(Br)cn1)CC1CCCN1. The molecule has 0 spiro atoms. The highest BCUT2D eigenvalue weighted by Crippen LogP contribution is 2.11. The molecule has 1 aromatic rings. The zero-order valence-electron chi connectivity index (χ0n) is 11.7. The minimum Gasteiger partial charge on any atom is -0.313 e. The summed E-state index contributed by atoms with van der Waals surface area (Å²) in [7, 11) is 0. The quantitative estimate of drug-likeness (QED) is 0.829. The molecule has 1 unspecified atom stereocenters. The first kappa shape index (κ1) is 15.4. The number of amides is 1. The van der Waals surface area contributed by atoms with Crippen molar-refractivity contribution in [3.05, 3.63) is 22.8 Å². The molecule has 0 bridgehead atoms. The number of anilines is 1. The van der Waals surface area contributed by atoms with E-state index < -0.39 is 0 Å². The van der Waals surface area contributed by atoms with Crippen LogP contribution >= 0.6 is 15.9 Å². The van der Waals surface area contributed by atoms with Gasteiger partial charge in [-0.15, -0.1) is 0 Å². The van der Waals surface area contributed by atoms with E-state index in [1.54, 1.807) is 12.3 Å². The molecule has 0 aliphatic carbocycles. The number of carbonyl (C=O) groups is 1. The van der Waals surface area contributed by atoms with E-state index in [2.05, 4.69) is 43.4 Å². The van der Waals surface area contributed by atoms with Crippen LogP contribution in [0.3, 0.4) is 0 Å². The first-order valence-corrected chi connectivity index (χ1v) is 7.84. The van der Waals surface area contributed by atoms with Gasteiger partial charge in [-0.2, -0.15) is 0 Å². The largest absolute Gasteiger partial charge is 0.313 e. The van der Waals surface area contributed by atoms with E-state index in [0.717, 1.165) is 24.1 Å². The molecule has 2 heterocycles. The van der Waals surface area contributed by atoms with Gasteiger partial charge in [-0.05, 0) is 54.0 Å². The Morgan fingerprint density at radius 3 is 3.05 bits per heavy atom. The van der Waals surface area contributed by atoms with Crippen LogP contribution in [0.1, 0.15) is 19.8 Å². The van der Waals surface area contributed by atoms with Crippen LogP contribution in [0.5, 0.6) is 0 Å². The fourth-order valence-corrected chi connectivity index (χ4v) is 2.60. The van der Waals surface area contributed by atoms with Crippen molar-refractivity contribution in [3.8, 4) is 0 Å². The Morgan fingerprint density at radius 1 is 1.60 bits per heavy atom. The first-order valence-electron chi connectivity index (χ1n) is 7.04. The number of hydrogen-bond donors (Lipinski definition) is 2. The van der Waals surface area contributed by atoms with Crippen molar-refractivity contribution in [3.63, 3.8) is 0 Å². The maximum Gasteiger partial charge on any atom is 0.239 e. The first-order chi connectivity index (χ1) is 9.67. The van der Waals surface area contributed by atoms with E-state index in [1.807, 2.05) is 6.07 Å². The zero-order chi connectivity index (χ0) is 14.4. The van der Waals surface area contributed by atoms with Crippen molar-refractivity contribution in [2.75, 3.05) is 31.5 Å². The molecule has 1 aromatic heterocycles. The van der Waals surface area contributed by atoms with Gasteiger partial charge in [-0.3, -0.25) is 9.69 Å². The predicted molar refractivity (Wildman–Crippen MR) is 83.7 cm³/mol. The van der Waals surface area contributed by atoms with Gasteiger partial charge in [-0.1, -0.05) is 6.92 Å². The molecule has 20 heavy (non-hydrogen) atoms. The van der Waals surface area contributed by atoms with Crippen LogP contribution in [0.25, 0.3) is 0 Å². The van der Waals surface area contributed by atoms with Crippen LogP contribution in [0, 0.1) is 0 Å². The summed E-state index contributed by atoms with van der Waals surface area (Å²) in [4.78, 5) is 18.3. The van der Waals surface area contributed by atoms with E-state index in [1.165, 1.54) is 12.8 Å². The number of nitrogens with one attached hydrogen (secondary N) is 2. The van der Waals surface area contributed by atoms with E-state index >= 15 is 0 Å². The number of carbonyl (C=O) groups excluding carboxylic acids is 1. The number of nitrogens with zero attached hydrogens (tertiary/aromatic N) is 2. The van der Waals surface area contributed by atoms with Crippen LogP contribution in [0.2, 0.25) is 0 Å². The summed E-state index contributed by atoms with van der Waals surface area (Å²) in [5, 5.41) is 6.29. The Bertz CT molecular complexity index is 431. The third-order valence-electron chi connectivity index (χ3n) is 3.45. The second kappa shape index (κ2) is 7.71. The number of rotatable bonds is 6. The van der Waals surface area contributed by atoms with Gasteiger partial charge in [0.05, 0.1) is 6.54 Å². The highest BCUT2D eigenvalue weighted by Gasteiger charge is 2.18. The van der Waals surface area contributed by atoms with Crippen molar-refractivity contribution in [1.82, 2.24) is 15.2 Å². The number of likely N-dealkylation sites (N-methyl/N-ethyl adjacent to an activating group) is 1. The van der Waals surface area contributed by atoms with E-state index in [0.29, 0.717) is 18.4 Å². The van der Waals surface area contributed by atoms with Crippen LogP contribution in [0.4, 0.5) is 5.82 Å². The van der Waals surface area contributed by atoms with E-state index in [9.17, 15) is 4.79 Å². The van der Waals surface area contributed by atoms with Crippen molar-refractivity contribution in [1.29, 1.82) is 0 Å². The summed E-state index contributed by atoms with van der Waals surface area (Å²) in [5.41, 5.74) is 0. The summed E-state index contributed by atoms with van der Waals surface area (Å²) in [6, 6.07) is 4.17. The highest BCUT2D eigenvalue weighted by molar-refractivity contribution is 9.10. The normalized spacial score (nSPS) is 18.4. The lowest BCUT2D eigenvalue weighted by Gasteiger charge is -2.23. The third kappa shape index (κ3) is 4.85. The molecular weight excluding hydrogens is 320 g/mol. The third-order valence-corrected chi connectivity index (χ3v) is 3.92. The minimum absolute atomic E-state index is 0.0142. The predicted octanol–water partition coefficient (Wildman–Crippen LogP) is 1.86. The van der Waals surface area contributed by atoms with E-state index in [-0.39, 0.29) is 5.91 Å². The molecule has 2 N–H and O–H groups in total. The Balaban J connectivity index is 1.80. The molecule has 0 aromatic carbocycles. The Morgan fingerprint density at radius 2 is 2.45 bits per heavy atom. The molecule has 0 radical (unpaired) electrons. The molecule has 1 aliphatic rings. The van der Waals surface area contributed by atoms with Crippen molar-refractivity contribution in [2.24, 2.45) is 0 Å². The highest BCUT2D eigenvalue weighted by atomic mass is 79.9. The number of aromatic nitrogens is 1. The summed E-state index contributed by atoms with van der Waals surface area (Å²) in [6.45, 7) is 5.39. The Hall–Kier alpha value is -0.980. The molecule has 1 saturated heterocycles. The molecule has 1 amide bonds. The van der Waals surface area contributed by atoms with Gasteiger partial charge >= 0.3 is 0 Å². The number of hydrogen-bond acceptors (Lipinski definition) is 4. The lowest BCUT2D eigenvalue weighted by atomic mass is 10.2. The molecule has 2 rings (SSSR count). The van der Waals surface area contributed by atoms with Crippen LogP contribution < -0.4 is 10.6 Å². The molecule has 1 fully saturated rings. The molecule has 0 saturated carbocycles. The van der Waals surface area contributed by atoms with Crippen LogP contribution in [0.15, 0.2) is 22.8 Å². The van der Waals surface area contributed by atoms with Crippen molar-refractivity contribution < 1.29 is 4.79 Å². The van der Waals surface area contributed by atoms with Crippen molar-refractivity contribution in [2.45, 2.75) is 25.8 Å². The Kier molecular flexibility index (Phi) is 5.94. The molecule has 5 nitrogen and oxygen atoms in total. The summed E-state index contributed by atoms with van der Waals surface area (Å²) in [5.74, 6) is 0.577. The van der Waals surface area contributed by atoms with Gasteiger partial charge in [0.15, 0.2) is 0 Å². The average molecular weight is 341 g/mol. The van der Waals surface area contributed by atoms with Gasteiger partial charge in [0.1, 0.15) is 5.82 Å². The summed E-state index contributed by atoms with van der Waals surface area (Å²) >= 11 is 3.32. The average Bonchev–Trinajstić information content (AvgIpc) is 2.93. The second-order valence-electron chi connectivity index (χ2n) is 5.03. The van der Waals surface area contributed by atoms with E-state index in [4.69, 9.17) is 0 Å². The summed E-state index contributed by atoms with van der Waals surface area (Å²) in [6.07, 6.45) is 4.11. The second-order valence-corrected chi connectivity index (χ2v) is 5.95. The molecule has 110 valence electrons. The smallest absolute Gasteiger partial charge is 0.239 e. The standard InChI is InChI=1S/C14H21BrN4O/c1-2-19(9-12-4-3-7-16-12)10-14(20)18-13-6-5-11(15)8-17-13/h5-6,8,12,16H,2-4,7,9-10H2,1H3,(H,17,18,20). The van der Waals surface area contributed by atoms with Crippen LogP contribution in [-0.2, 0) is 4.79 Å². The van der Waals surface area contributed by atoms with Gasteiger partial charge < -0.3 is 10.6 Å². The molecule has 1 atom stereocenters. The molecule has 6 heteroatoms. The minimum atomic E-state index is -0.0142. The van der Waals surface area contributed by atoms with Crippen LogP contribution in [-0.4, -0.2) is 48.0 Å². The maximum atomic E-state index is 12.0. The maximum absolute atomic E-state index is 12.0. The van der Waals surface area contributed by atoms with Gasteiger partial charge in [-0.25, -0.2) is 4.98 Å². The van der Waals surface area contributed by atoms with Gasteiger partial charge in [0, 0.05) is 23.3 Å². The lowest BCUT2D eigenvalue weighted by Crippen LogP contribution is -2.41. The molecular formula is C14H21BrN4O. The van der Waals surface area contributed by atoms with Gasteiger partial charge in [0.2, 0.25) is 5.91 Å².